The van der Waals surface area contributed by atoms with Crippen molar-refractivity contribution in [2.45, 2.75) is 12.3 Å². The van der Waals surface area contributed by atoms with E-state index >= 15 is 0 Å². The first-order valence-corrected chi connectivity index (χ1v) is 4.85. The van der Waals surface area contributed by atoms with Gasteiger partial charge in [-0.3, -0.25) is 4.79 Å². The van der Waals surface area contributed by atoms with Gasteiger partial charge in [0.05, 0.1) is 0 Å². The molecule has 1 N–H and O–H groups in total. The molecule has 0 saturated carbocycles. The zero-order chi connectivity index (χ0) is 10.8. The minimum atomic E-state index is -0.289. The molecule has 1 fully saturated rings. The van der Waals surface area contributed by atoms with Crippen LogP contribution in [0, 0.1) is 5.82 Å². The molecule has 1 saturated heterocycles. The van der Waals surface area contributed by atoms with Gasteiger partial charge in [-0.1, -0.05) is 12.1 Å². The van der Waals surface area contributed by atoms with Crippen molar-refractivity contribution in [3.63, 3.8) is 0 Å². The molecular weight excluding hydrogens is 197 g/mol. The van der Waals surface area contributed by atoms with E-state index in [1.807, 2.05) is 6.07 Å². The van der Waals surface area contributed by atoms with Gasteiger partial charge < -0.3 is 10.0 Å². The lowest BCUT2D eigenvalue weighted by Crippen LogP contribution is -2.25. The molecule has 0 unspecified atom stereocenters. The van der Waals surface area contributed by atoms with Crippen molar-refractivity contribution in [3.8, 4) is 0 Å². The minimum absolute atomic E-state index is 0.000324. The lowest BCUT2D eigenvalue weighted by Gasteiger charge is -2.12. The van der Waals surface area contributed by atoms with Crippen LogP contribution in [0.15, 0.2) is 24.3 Å². The molecule has 80 valence electrons. The third-order valence-electron chi connectivity index (χ3n) is 2.71. The molecule has 15 heavy (non-hydrogen) atoms. The highest BCUT2D eigenvalue weighted by molar-refractivity contribution is 5.79. The Morgan fingerprint density at radius 2 is 2.33 bits per heavy atom. The SMILES string of the molecule is O=C1C[C@H](c2cccc(F)c2)CN1CO. The van der Waals surface area contributed by atoms with Crippen LogP contribution in [0.25, 0.3) is 0 Å². The number of halogens is 1. The molecule has 0 spiro atoms. The molecule has 0 bridgehead atoms. The average Bonchev–Trinajstić information content (AvgIpc) is 2.60. The molecule has 2 rings (SSSR count). The van der Waals surface area contributed by atoms with Crippen molar-refractivity contribution < 1.29 is 14.3 Å². The number of aliphatic hydroxyl groups is 1. The highest BCUT2D eigenvalue weighted by Gasteiger charge is 2.29. The lowest BCUT2D eigenvalue weighted by atomic mass is 9.98. The summed E-state index contributed by atoms with van der Waals surface area (Å²) in [5.41, 5.74) is 0.819. The monoisotopic (exact) mass is 209 g/mol. The normalized spacial score (nSPS) is 21.1. The van der Waals surface area contributed by atoms with Crippen molar-refractivity contribution in [1.29, 1.82) is 0 Å². The Labute approximate surface area is 87.1 Å². The summed E-state index contributed by atoms with van der Waals surface area (Å²) in [6.45, 7) is 0.212. The van der Waals surface area contributed by atoms with Crippen molar-refractivity contribution in [1.82, 2.24) is 4.90 Å². The third kappa shape index (κ3) is 1.99. The quantitative estimate of drug-likeness (QED) is 0.792. The molecule has 1 heterocycles. The summed E-state index contributed by atoms with van der Waals surface area (Å²) >= 11 is 0. The Hall–Kier alpha value is -1.42. The zero-order valence-corrected chi connectivity index (χ0v) is 8.19. The Bertz CT molecular complexity index is 381. The largest absolute Gasteiger partial charge is 0.376 e. The summed E-state index contributed by atoms with van der Waals surface area (Å²) < 4.78 is 12.9. The summed E-state index contributed by atoms with van der Waals surface area (Å²) in [6, 6.07) is 6.27. The fourth-order valence-corrected chi connectivity index (χ4v) is 1.89. The predicted molar refractivity (Wildman–Crippen MR) is 52.6 cm³/mol. The van der Waals surface area contributed by atoms with Gasteiger partial charge in [-0.25, -0.2) is 4.39 Å². The molecule has 0 aromatic heterocycles. The van der Waals surface area contributed by atoms with Gasteiger partial charge in [0, 0.05) is 18.9 Å². The van der Waals surface area contributed by atoms with E-state index in [0.717, 1.165) is 5.56 Å². The maximum Gasteiger partial charge on any atom is 0.225 e. The summed E-state index contributed by atoms with van der Waals surface area (Å²) in [7, 11) is 0. The van der Waals surface area contributed by atoms with Crippen molar-refractivity contribution >= 4 is 5.91 Å². The average molecular weight is 209 g/mol. The number of hydrogen-bond donors (Lipinski definition) is 1. The van der Waals surface area contributed by atoms with Crippen LogP contribution in [0.2, 0.25) is 0 Å². The van der Waals surface area contributed by atoms with Gasteiger partial charge in [-0.15, -0.1) is 0 Å². The highest BCUT2D eigenvalue weighted by Crippen LogP contribution is 2.27. The van der Waals surface area contributed by atoms with Crippen LogP contribution in [0.3, 0.4) is 0 Å². The van der Waals surface area contributed by atoms with E-state index in [1.54, 1.807) is 6.07 Å². The number of hydrogen-bond acceptors (Lipinski definition) is 2. The molecule has 1 aromatic carbocycles. The summed E-state index contributed by atoms with van der Waals surface area (Å²) in [6.07, 6.45) is 0.351. The van der Waals surface area contributed by atoms with E-state index in [0.29, 0.717) is 13.0 Å². The Morgan fingerprint density at radius 1 is 1.53 bits per heavy atom. The molecular formula is C11H12FNO2. The number of aliphatic hydroxyl groups excluding tert-OH is 1. The predicted octanol–water partition coefficient (Wildman–Crippen LogP) is 1.09. The van der Waals surface area contributed by atoms with E-state index < -0.39 is 0 Å². The van der Waals surface area contributed by atoms with E-state index in [2.05, 4.69) is 0 Å². The maximum absolute atomic E-state index is 12.9. The Kier molecular flexibility index (Phi) is 2.68. The van der Waals surface area contributed by atoms with Crippen LogP contribution in [0.1, 0.15) is 17.9 Å². The van der Waals surface area contributed by atoms with Gasteiger partial charge in [0.15, 0.2) is 0 Å². The van der Waals surface area contributed by atoms with Crippen LogP contribution >= 0.6 is 0 Å². The molecule has 0 radical (unpaired) electrons. The van der Waals surface area contributed by atoms with Crippen LogP contribution in [0.4, 0.5) is 4.39 Å². The van der Waals surface area contributed by atoms with Crippen molar-refractivity contribution in [3.05, 3.63) is 35.6 Å². The van der Waals surface area contributed by atoms with Gasteiger partial charge in [0.1, 0.15) is 12.5 Å². The van der Waals surface area contributed by atoms with Crippen LogP contribution < -0.4 is 0 Å². The number of likely N-dealkylation sites (tertiary alicyclic amines) is 1. The van der Waals surface area contributed by atoms with Crippen molar-refractivity contribution in [2.24, 2.45) is 0 Å². The van der Waals surface area contributed by atoms with Gasteiger partial charge in [0.25, 0.3) is 0 Å². The molecule has 3 nitrogen and oxygen atoms in total. The third-order valence-corrected chi connectivity index (χ3v) is 2.71. The molecule has 4 heteroatoms. The summed E-state index contributed by atoms with van der Waals surface area (Å²) in [5, 5.41) is 8.89. The summed E-state index contributed by atoms with van der Waals surface area (Å²) in [5.74, 6) is -0.366. The Balaban J connectivity index is 2.17. The number of carbonyl (C=O) groups excluding carboxylic acids is 1. The van der Waals surface area contributed by atoms with Gasteiger partial charge in [-0.05, 0) is 17.7 Å². The Morgan fingerprint density at radius 3 is 2.93 bits per heavy atom. The van der Waals surface area contributed by atoms with Gasteiger partial charge in [-0.2, -0.15) is 0 Å². The molecule has 1 atom stereocenters. The number of amides is 1. The smallest absolute Gasteiger partial charge is 0.225 e. The first kappa shape index (κ1) is 10.1. The van der Waals surface area contributed by atoms with Crippen LogP contribution in [-0.4, -0.2) is 29.2 Å². The lowest BCUT2D eigenvalue weighted by molar-refractivity contribution is -0.130. The van der Waals surface area contributed by atoms with Gasteiger partial charge >= 0.3 is 0 Å². The number of benzene rings is 1. The molecule has 0 aliphatic carbocycles. The standard InChI is InChI=1S/C11H12FNO2/c12-10-3-1-2-8(4-10)9-5-11(15)13(6-9)7-14/h1-4,9,14H,5-7H2/t9-/m0/s1. The molecule has 1 amide bonds. The zero-order valence-electron chi connectivity index (χ0n) is 8.19. The first-order chi connectivity index (χ1) is 7.20. The fourth-order valence-electron chi connectivity index (χ4n) is 1.89. The minimum Gasteiger partial charge on any atom is -0.376 e. The second-order valence-electron chi connectivity index (χ2n) is 3.71. The number of rotatable bonds is 2. The number of carbonyl (C=O) groups is 1. The maximum atomic E-state index is 12.9. The van der Waals surface area contributed by atoms with Crippen LogP contribution in [-0.2, 0) is 4.79 Å². The van der Waals surface area contributed by atoms with Crippen molar-refractivity contribution in [2.75, 3.05) is 13.3 Å². The molecule has 1 aliphatic heterocycles. The molecule has 1 aliphatic rings. The second kappa shape index (κ2) is 3.98. The van der Waals surface area contributed by atoms with E-state index in [9.17, 15) is 9.18 Å². The van der Waals surface area contributed by atoms with Gasteiger partial charge in [0.2, 0.25) is 5.91 Å². The van der Waals surface area contributed by atoms with Crippen LogP contribution in [0.5, 0.6) is 0 Å². The second-order valence-corrected chi connectivity index (χ2v) is 3.71. The van der Waals surface area contributed by atoms with E-state index in [1.165, 1.54) is 17.0 Å². The first-order valence-electron chi connectivity index (χ1n) is 4.85. The van der Waals surface area contributed by atoms with E-state index in [4.69, 9.17) is 5.11 Å². The highest BCUT2D eigenvalue weighted by atomic mass is 19.1. The van der Waals surface area contributed by atoms with E-state index in [-0.39, 0.29) is 24.4 Å². The molecule has 1 aromatic rings. The number of nitrogens with zero attached hydrogens (tertiary/aromatic N) is 1. The fraction of sp³-hybridized carbons (Fsp3) is 0.364. The summed E-state index contributed by atoms with van der Waals surface area (Å²) in [4.78, 5) is 12.7. The topological polar surface area (TPSA) is 40.5 Å².